The highest BCUT2D eigenvalue weighted by molar-refractivity contribution is 6.05. The van der Waals surface area contributed by atoms with Crippen molar-refractivity contribution in [2.24, 2.45) is 0 Å². The van der Waals surface area contributed by atoms with Gasteiger partial charge in [-0.3, -0.25) is 0 Å². The Bertz CT molecular complexity index is 780. The monoisotopic (exact) mass is 304 g/mol. The van der Waals surface area contributed by atoms with Crippen molar-refractivity contribution in [1.29, 1.82) is 0 Å². The first-order valence-electron chi connectivity index (χ1n) is 6.94. The van der Waals surface area contributed by atoms with Gasteiger partial charge in [0.15, 0.2) is 6.10 Å². The molecule has 3 aromatic carbocycles. The third-order valence-corrected chi connectivity index (χ3v) is 4.04. The first-order valence-corrected chi connectivity index (χ1v) is 6.94. The number of benzene rings is 3. The van der Waals surface area contributed by atoms with Crippen molar-refractivity contribution >= 4 is 21.5 Å². The van der Waals surface area contributed by atoms with Crippen molar-refractivity contribution in [2.45, 2.75) is 19.2 Å². The van der Waals surface area contributed by atoms with Gasteiger partial charge in [-0.25, -0.2) is 0 Å². The van der Waals surface area contributed by atoms with E-state index in [4.69, 9.17) is 4.74 Å². The van der Waals surface area contributed by atoms with E-state index in [-0.39, 0.29) is 5.56 Å². The van der Waals surface area contributed by atoms with E-state index in [1.165, 1.54) is 0 Å². The Morgan fingerprint density at radius 3 is 1.59 bits per heavy atom. The molecule has 0 N–H and O–H groups in total. The SMILES string of the molecule is COC(c1c2ccccc2c(C)c2ccccc12)C(F)(F)F. The molecule has 0 bridgehead atoms. The number of hydrogen-bond donors (Lipinski definition) is 0. The summed E-state index contributed by atoms with van der Waals surface area (Å²) in [7, 11) is 1.10. The molecule has 3 rings (SSSR count). The molecule has 1 nitrogen and oxygen atoms in total. The van der Waals surface area contributed by atoms with Gasteiger partial charge >= 0.3 is 6.18 Å². The van der Waals surface area contributed by atoms with Crippen molar-refractivity contribution in [3.8, 4) is 0 Å². The number of hydrogen-bond acceptors (Lipinski definition) is 1. The normalized spacial score (nSPS) is 13.7. The quantitative estimate of drug-likeness (QED) is 0.564. The summed E-state index contributed by atoms with van der Waals surface area (Å²) in [6, 6.07) is 14.3. The number of alkyl halides is 3. The smallest absolute Gasteiger partial charge is 0.367 e. The molecule has 1 atom stereocenters. The Labute approximate surface area is 126 Å². The van der Waals surface area contributed by atoms with Crippen LogP contribution in [-0.2, 0) is 4.74 Å². The lowest BCUT2D eigenvalue weighted by molar-refractivity contribution is -0.215. The third-order valence-electron chi connectivity index (χ3n) is 4.04. The lowest BCUT2D eigenvalue weighted by atomic mass is 9.89. The molecule has 0 spiro atoms. The summed E-state index contributed by atoms with van der Waals surface area (Å²) in [4.78, 5) is 0. The van der Waals surface area contributed by atoms with Crippen LogP contribution in [0.3, 0.4) is 0 Å². The number of ether oxygens (including phenoxy) is 1. The second-order valence-electron chi connectivity index (χ2n) is 5.29. The summed E-state index contributed by atoms with van der Waals surface area (Å²) in [5, 5.41) is 2.82. The molecule has 22 heavy (non-hydrogen) atoms. The molecule has 0 fully saturated rings. The van der Waals surface area contributed by atoms with Gasteiger partial charge < -0.3 is 4.74 Å². The second kappa shape index (κ2) is 5.29. The van der Waals surface area contributed by atoms with Gasteiger partial charge in [0.05, 0.1) is 0 Å². The van der Waals surface area contributed by atoms with Crippen LogP contribution < -0.4 is 0 Å². The standard InChI is InChI=1S/C18H15F3O/c1-11-12-7-3-5-9-14(12)16(17(22-2)18(19,20)21)15-10-6-4-8-13(11)15/h3-10,17H,1-2H3. The van der Waals surface area contributed by atoms with E-state index < -0.39 is 12.3 Å². The summed E-state index contributed by atoms with van der Waals surface area (Å²) in [5.41, 5.74) is 1.17. The molecule has 1 unspecified atom stereocenters. The van der Waals surface area contributed by atoms with Crippen LogP contribution in [0.4, 0.5) is 13.2 Å². The molecule has 0 aliphatic carbocycles. The van der Waals surface area contributed by atoms with Crippen molar-refractivity contribution in [1.82, 2.24) is 0 Å². The molecule has 0 aliphatic rings. The second-order valence-corrected chi connectivity index (χ2v) is 5.29. The van der Waals surface area contributed by atoms with Gasteiger partial charge in [0, 0.05) is 12.7 Å². The van der Waals surface area contributed by atoms with Gasteiger partial charge in [-0.05, 0) is 34.0 Å². The molecule has 0 radical (unpaired) electrons. The zero-order chi connectivity index (χ0) is 15.9. The zero-order valence-electron chi connectivity index (χ0n) is 12.2. The van der Waals surface area contributed by atoms with E-state index in [1.807, 2.05) is 31.2 Å². The highest BCUT2D eigenvalue weighted by atomic mass is 19.4. The van der Waals surface area contributed by atoms with E-state index >= 15 is 0 Å². The Morgan fingerprint density at radius 1 is 0.818 bits per heavy atom. The number of rotatable bonds is 2. The highest BCUT2D eigenvalue weighted by Crippen LogP contribution is 2.43. The third kappa shape index (κ3) is 2.24. The van der Waals surface area contributed by atoms with Gasteiger partial charge in [0.2, 0.25) is 0 Å². The van der Waals surface area contributed by atoms with Crippen molar-refractivity contribution in [3.05, 3.63) is 59.7 Å². The Morgan fingerprint density at radius 2 is 1.23 bits per heavy atom. The molecule has 3 aromatic rings. The molecule has 0 aromatic heterocycles. The van der Waals surface area contributed by atoms with Crippen LogP contribution >= 0.6 is 0 Å². The summed E-state index contributed by atoms with van der Waals surface area (Å²) in [6.45, 7) is 1.93. The van der Waals surface area contributed by atoms with E-state index in [0.29, 0.717) is 10.8 Å². The van der Waals surface area contributed by atoms with E-state index in [2.05, 4.69) is 0 Å². The maximum atomic E-state index is 13.4. The molecule has 0 heterocycles. The fourth-order valence-corrected chi connectivity index (χ4v) is 3.08. The summed E-state index contributed by atoms with van der Waals surface area (Å²) < 4.78 is 45.1. The predicted molar refractivity (Wildman–Crippen MR) is 82.0 cm³/mol. The highest BCUT2D eigenvalue weighted by Gasteiger charge is 2.42. The van der Waals surface area contributed by atoms with Crippen molar-refractivity contribution in [3.63, 3.8) is 0 Å². The van der Waals surface area contributed by atoms with E-state index in [1.54, 1.807) is 24.3 Å². The van der Waals surface area contributed by atoms with Crippen LogP contribution in [0.1, 0.15) is 17.2 Å². The molecular weight excluding hydrogens is 289 g/mol. The Kier molecular flexibility index (Phi) is 3.57. The van der Waals surface area contributed by atoms with E-state index in [0.717, 1.165) is 23.4 Å². The first-order chi connectivity index (χ1) is 10.4. The summed E-state index contributed by atoms with van der Waals surface area (Å²) in [5.74, 6) is 0. The molecule has 4 heteroatoms. The number of methoxy groups -OCH3 is 1. The zero-order valence-corrected chi connectivity index (χ0v) is 12.2. The van der Waals surface area contributed by atoms with Crippen LogP contribution in [0.15, 0.2) is 48.5 Å². The maximum Gasteiger partial charge on any atom is 0.418 e. The van der Waals surface area contributed by atoms with Crippen LogP contribution in [0.2, 0.25) is 0 Å². The molecular formula is C18H15F3O. The minimum Gasteiger partial charge on any atom is -0.367 e. The van der Waals surface area contributed by atoms with Gasteiger partial charge in [0.25, 0.3) is 0 Å². The predicted octanol–water partition coefficient (Wildman–Crippen LogP) is 5.55. The molecule has 114 valence electrons. The van der Waals surface area contributed by atoms with Crippen LogP contribution in [0, 0.1) is 6.92 Å². The van der Waals surface area contributed by atoms with Crippen LogP contribution in [-0.4, -0.2) is 13.3 Å². The van der Waals surface area contributed by atoms with Crippen LogP contribution in [0.25, 0.3) is 21.5 Å². The van der Waals surface area contributed by atoms with Gasteiger partial charge in [0.1, 0.15) is 0 Å². The van der Waals surface area contributed by atoms with Crippen LogP contribution in [0.5, 0.6) is 0 Å². The van der Waals surface area contributed by atoms with Crippen molar-refractivity contribution in [2.75, 3.05) is 7.11 Å². The average molecular weight is 304 g/mol. The number of fused-ring (bicyclic) bond motifs is 2. The topological polar surface area (TPSA) is 9.23 Å². The van der Waals surface area contributed by atoms with Gasteiger partial charge in [-0.1, -0.05) is 48.5 Å². The summed E-state index contributed by atoms with van der Waals surface area (Å²) in [6.07, 6.45) is -6.40. The molecule has 0 aliphatic heterocycles. The Hall–Kier alpha value is -2.07. The molecule has 0 saturated heterocycles. The average Bonchev–Trinajstić information content (AvgIpc) is 2.50. The van der Waals surface area contributed by atoms with Gasteiger partial charge in [-0.15, -0.1) is 0 Å². The fourth-order valence-electron chi connectivity index (χ4n) is 3.08. The minimum atomic E-state index is -4.46. The lowest BCUT2D eigenvalue weighted by Crippen LogP contribution is -2.23. The number of aryl methyl sites for hydroxylation is 1. The largest absolute Gasteiger partial charge is 0.418 e. The number of halogens is 3. The lowest BCUT2D eigenvalue weighted by Gasteiger charge is -2.23. The maximum absolute atomic E-state index is 13.4. The first kappa shape index (κ1) is 14.9. The molecule has 0 saturated carbocycles. The summed E-state index contributed by atoms with van der Waals surface area (Å²) >= 11 is 0. The fraction of sp³-hybridized carbons (Fsp3) is 0.222. The van der Waals surface area contributed by atoms with Gasteiger partial charge in [-0.2, -0.15) is 13.2 Å². The van der Waals surface area contributed by atoms with E-state index in [9.17, 15) is 13.2 Å². The Balaban J connectivity index is 2.51. The van der Waals surface area contributed by atoms with Crippen molar-refractivity contribution < 1.29 is 17.9 Å². The molecule has 0 amide bonds. The minimum absolute atomic E-state index is 0.187.